The lowest BCUT2D eigenvalue weighted by Crippen LogP contribution is -2.42. The van der Waals surface area contributed by atoms with E-state index in [1.54, 1.807) is 0 Å². The fraction of sp³-hybridized carbons (Fsp3) is 0.500. The van der Waals surface area contributed by atoms with Gasteiger partial charge in [-0.25, -0.2) is 4.79 Å². The lowest BCUT2D eigenvalue weighted by Gasteiger charge is -2.14. The molecule has 1 unspecified atom stereocenters. The zero-order valence-electron chi connectivity index (χ0n) is 12.4. The third-order valence-corrected chi connectivity index (χ3v) is 3.37. The molecule has 1 fully saturated rings. The van der Waals surface area contributed by atoms with Crippen molar-refractivity contribution in [2.24, 2.45) is 5.92 Å². The number of aliphatic carboxylic acids is 1. The van der Waals surface area contributed by atoms with Gasteiger partial charge in [0.25, 0.3) is 0 Å². The molecule has 0 saturated heterocycles. The van der Waals surface area contributed by atoms with Crippen molar-refractivity contribution in [1.82, 2.24) is 5.32 Å². The summed E-state index contributed by atoms with van der Waals surface area (Å²) in [6.07, 6.45) is 2.60. The van der Waals surface area contributed by atoms with Crippen LogP contribution in [-0.2, 0) is 14.3 Å². The molecule has 1 atom stereocenters. The van der Waals surface area contributed by atoms with Gasteiger partial charge in [0.05, 0.1) is 6.61 Å². The second kappa shape index (κ2) is 8.38. The molecule has 2 N–H and O–H groups in total. The molecule has 120 valence electrons. The van der Waals surface area contributed by atoms with Crippen molar-refractivity contribution in [1.29, 1.82) is 0 Å². The van der Waals surface area contributed by atoms with E-state index >= 15 is 0 Å². The summed E-state index contributed by atoms with van der Waals surface area (Å²) in [5.74, 6) is -0.229. The van der Waals surface area contributed by atoms with Crippen molar-refractivity contribution in [3.8, 4) is 5.75 Å². The minimum Gasteiger partial charge on any atom is -0.491 e. The van der Waals surface area contributed by atoms with Crippen LogP contribution in [0.25, 0.3) is 0 Å². The molecule has 0 heterocycles. The van der Waals surface area contributed by atoms with Crippen molar-refractivity contribution in [2.45, 2.75) is 25.3 Å². The normalized spacial score (nSPS) is 15.1. The Balaban J connectivity index is 1.57. The van der Waals surface area contributed by atoms with E-state index in [-0.39, 0.29) is 13.2 Å². The van der Waals surface area contributed by atoms with Crippen molar-refractivity contribution in [3.63, 3.8) is 0 Å². The Morgan fingerprint density at radius 3 is 2.59 bits per heavy atom. The van der Waals surface area contributed by atoms with Crippen LogP contribution in [0.5, 0.6) is 5.75 Å². The quantitative estimate of drug-likeness (QED) is 0.639. The molecule has 1 amide bonds. The molecule has 1 aliphatic carbocycles. The number of para-hydroxylation sites is 1. The van der Waals surface area contributed by atoms with Crippen LogP contribution in [0, 0.1) is 5.92 Å². The summed E-state index contributed by atoms with van der Waals surface area (Å²) in [5.41, 5.74) is 0. The highest BCUT2D eigenvalue weighted by molar-refractivity contribution is 5.84. The lowest BCUT2D eigenvalue weighted by atomic mass is 10.1. The minimum atomic E-state index is -0.993. The molecule has 6 heteroatoms. The Bertz CT molecular complexity index is 487. The van der Waals surface area contributed by atoms with E-state index in [0.717, 1.165) is 18.6 Å². The first-order valence-electron chi connectivity index (χ1n) is 7.43. The zero-order chi connectivity index (χ0) is 15.8. The molecular formula is C16H21NO5. The third-order valence-electron chi connectivity index (χ3n) is 3.37. The van der Waals surface area contributed by atoms with Gasteiger partial charge >= 0.3 is 5.97 Å². The van der Waals surface area contributed by atoms with E-state index < -0.39 is 17.9 Å². The Morgan fingerprint density at radius 2 is 1.95 bits per heavy atom. The number of rotatable bonds is 10. The number of carboxylic acids is 1. The Hall–Kier alpha value is -2.08. The van der Waals surface area contributed by atoms with Crippen LogP contribution < -0.4 is 10.1 Å². The van der Waals surface area contributed by atoms with E-state index in [0.29, 0.717) is 18.9 Å². The number of amides is 1. The summed E-state index contributed by atoms with van der Waals surface area (Å²) in [7, 11) is 0. The van der Waals surface area contributed by atoms with E-state index in [1.165, 1.54) is 0 Å². The first kappa shape index (κ1) is 16.3. The van der Waals surface area contributed by atoms with Gasteiger partial charge in [-0.2, -0.15) is 0 Å². The molecule has 0 radical (unpaired) electrons. The maximum atomic E-state index is 11.7. The molecule has 0 spiro atoms. The van der Waals surface area contributed by atoms with Crippen molar-refractivity contribution < 1.29 is 24.2 Å². The fourth-order valence-electron chi connectivity index (χ4n) is 2.04. The fourth-order valence-corrected chi connectivity index (χ4v) is 2.04. The average Bonchev–Trinajstić information content (AvgIpc) is 3.31. The zero-order valence-corrected chi connectivity index (χ0v) is 12.4. The van der Waals surface area contributed by atoms with Crippen LogP contribution in [0.1, 0.15) is 19.3 Å². The van der Waals surface area contributed by atoms with Crippen LogP contribution in [-0.4, -0.2) is 42.8 Å². The molecule has 2 rings (SSSR count). The maximum Gasteiger partial charge on any atom is 0.326 e. The van der Waals surface area contributed by atoms with Crippen LogP contribution in [0.2, 0.25) is 0 Å². The number of hydrogen-bond acceptors (Lipinski definition) is 4. The number of hydrogen-bond donors (Lipinski definition) is 2. The maximum absolute atomic E-state index is 11.7. The topological polar surface area (TPSA) is 84.9 Å². The predicted molar refractivity (Wildman–Crippen MR) is 79.7 cm³/mol. The highest BCUT2D eigenvalue weighted by Crippen LogP contribution is 2.33. The van der Waals surface area contributed by atoms with Gasteiger partial charge in [0.1, 0.15) is 25.0 Å². The van der Waals surface area contributed by atoms with Crippen LogP contribution in [0.4, 0.5) is 0 Å². The number of carbonyl (C=O) groups excluding carboxylic acids is 1. The van der Waals surface area contributed by atoms with Gasteiger partial charge in [-0.05, 0) is 24.5 Å². The van der Waals surface area contributed by atoms with Gasteiger partial charge in [-0.1, -0.05) is 31.0 Å². The Labute approximate surface area is 129 Å². The van der Waals surface area contributed by atoms with Crippen molar-refractivity contribution >= 4 is 11.9 Å². The van der Waals surface area contributed by atoms with Gasteiger partial charge in [0.2, 0.25) is 5.91 Å². The van der Waals surface area contributed by atoms with Crippen LogP contribution in [0.3, 0.4) is 0 Å². The van der Waals surface area contributed by atoms with E-state index in [2.05, 4.69) is 5.32 Å². The van der Waals surface area contributed by atoms with Gasteiger partial charge in [0.15, 0.2) is 0 Å². The first-order valence-corrected chi connectivity index (χ1v) is 7.43. The standard InChI is InChI=1S/C16H21NO5/c18-15(17-14(16(19)20)10-12-6-7-12)11-21-8-9-22-13-4-2-1-3-5-13/h1-5,12,14H,6-11H2,(H,17,18)(H,19,20). The average molecular weight is 307 g/mol. The number of ether oxygens (including phenoxy) is 2. The largest absolute Gasteiger partial charge is 0.491 e. The summed E-state index contributed by atoms with van der Waals surface area (Å²) >= 11 is 0. The minimum absolute atomic E-state index is 0.160. The summed E-state index contributed by atoms with van der Waals surface area (Å²) in [6.45, 7) is 0.441. The summed E-state index contributed by atoms with van der Waals surface area (Å²) < 4.78 is 10.6. The molecule has 1 aliphatic rings. The van der Waals surface area contributed by atoms with Gasteiger partial charge in [0, 0.05) is 0 Å². The first-order chi connectivity index (χ1) is 10.6. The molecule has 1 aromatic carbocycles. The molecule has 0 aliphatic heterocycles. The Morgan fingerprint density at radius 1 is 1.23 bits per heavy atom. The number of nitrogens with one attached hydrogen (secondary N) is 1. The van der Waals surface area contributed by atoms with Crippen molar-refractivity contribution in [3.05, 3.63) is 30.3 Å². The van der Waals surface area contributed by atoms with E-state index in [9.17, 15) is 9.59 Å². The highest BCUT2D eigenvalue weighted by Gasteiger charge is 2.30. The molecule has 22 heavy (non-hydrogen) atoms. The monoisotopic (exact) mass is 307 g/mol. The molecule has 1 saturated carbocycles. The smallest absolute Gasteiger partial charge is 0.326 e. The number of carbonyl (C=O) groups is 2. The molecule has 0 bridgehead atoms. The predicted octanol–water partition coefficient (Wildman–Crippen LogP) is 1.45. The lowest BCUT2D eigenvalue weighted by molar-refractivity contribution is -0.142. The second-order valence-corrected chi connectivity index (χ2v) is 5.35. The van der Waals surface area contributed by atoms with Crippen molar-refractivity contribution in [2.75, 3.05) is 19.8 Å². The molecule has 0 aromatic heterocycles. The van der Waals surface area contributed by atoms with Gasteiger partial charge in [-0.15, -0.1) is 0 Å². The molecular weight excluding hydrogens is 286 g/mol. The highest BCUT2D eigenvalue weighted by atomic mass is 16.5. The molecule has 1 aromatic rings. The second-order valence-electron chi connectivity index (χ2n) is 5.35. The summed E-state index contributed by atoms with van der Waals surface area (Å²) in [4.78, 5) is 22.7. The van der Waals surface area contributed by atoms with Crippen LogP contribution in [0.15, 0.2) is 30.3 Å². The number of carboxylic acid groups (broad SMARTS) is 1. The summed E-state index contributed by atoms with van der Waals surface area (Å²) in [6, 6.07) is 8.49. The van der Waals surface area contributed by atoms with Gasteiger partial charge < -0.3 is 19.9 Å². The molecule has 6 nitrogen and oxygen atoms in total. The Kier molecular flexibility index (Phi) is 6.21. The SMILES string of the molecule is O=C(COCCOc1ccccc1)NC(CC1CC1)C(=O)O. The third kappa shape index (κ3) is 6.13. The van der Waals surface area contributed by atoms with E-state index in [4.69, 9.17) is 14.6 Å². The van der Waals surface area contributed by atoms with Gasteiger partial charge in [-0.3, -0.25) is 4.79 Å². The van der Waals surface area contributed by atoms with Crippen LogP contribution >= 0.6 is 0 Å². The number of benzene rings is 1. The van der Waals surface area contributed by atoms with E-state index in [1.807, 2.05) is 30.3 Å². The summed E-state index contributed by atoms with van der Waals surface area (Å²) in [5, 5.41) is 11.6.